The molecule has 1 aromatic carbocycles. The lowest BCUT2D eigenvalue weighted by atomic mass is 10.1. The highest BCUT2D eigenvalue weighted by molar-refractivity contribution is 9.10. The molecule has 1 aromatic rings. The van der Waals surface area contributed by atoms with Crippen molar-refractivity contribution in [3.05, 3.63) is 33.8 Å². The van der Waals surface area contributed by atoms with E-state index in [1.807, 2.05) is 19.1 Å². The number of ether oxygens (including phenoxy) is 1. The van der Waals surface area contributed by atoms with E-state index in [1.165, 1.54) is 4.90 Å². The van der Waals surface area contributed by atoms with Gasteiger partial charge in [-0.15, -0.1) is 0 Å². The average molecular weight is 343 g/mol. The Morgan fingerprint density at radius 2 is 2.10 bits per heavy atom. The quantitative estimate of drug-likeness (QED) is 0.798. The molecule has 0 radical (unpaired) electrons. The lowest BCUT2D eigenvalue weighted by molar-refractivity contribution is -0.121. The molecule has 0 unspecified atom stereocenters. The van der Waals surface area contributed by atoms with Gasteiger partial charge < -0.3 is 15.0 Å². The summed E-state index contributed by atoms with van der Waals surface area (Å²) in [5, 5.41) is 2.68. The maximum Gasteiger partial charge on any atom is 0.255 e. The fourth-order valence-corrected chi connectivity index (χ4v) is 2.06. The summed E-state index contributed by atoms with van der Waals surface area (Å²) in [4.78, 5) is 25.3. The van der Waals surface area contributed by atoms with Crippen molar-refractivity contribution in [1.82, 2.24) is 10.2 Å². The van der Waals surface area contributed by atoms with Crippen LogP contribution in [0.1, 0.15) is 15.9 Å². The highest BCUT2D eigenvalue weighted by atomic mass is 79.9. The number of hydrogen-bond acceptors (Lipinski definition) is 3. The maximum absolute atomic E-state index is 12.3. The number of nitrogens with zero attached hydrogens (tertiary/aromatic N) is 1. The Hall–Kier alpha value is -1.40. The minimum Gasteiger partial charge on any atom is -0.383 e. The third kappa shape index (κ3) is 4.94. The molecule has 5 nitrogen and oxygen atoms in total. The van der Waals surface area contributed by atoms with E-state index in [0.717, 1.165) is 10.0 Å². The first kappa shape index (κ1) is 16.7. The van der Waals surface area contributed by atoms with Gasteiger partial charge in [-0.05, 0) is 35.0 Å². The number of aryl methyl sites for hydroxylation is 1. The second kappa shape index (κ2) is 8.01. The van der Waals surface area contributed by atoms with Gasteiger partial charge in [0, 0.05) is 25.2 Å². The van der Waals surface area contributed by atoms with Crippen LogP contribution in [0.4, 0.5) is 0 Å². The minimum absolute atomic E-state index is 0.0168. The van der Waals surface area contributed by atoms with Crippen molar-refractivity contribution >= 4 is 27.7 Å². The second-order valence-corrected chi connectivity index (χ2v) is 5.34. The van der Waals surface area contributed by atoms with Crippen LogP contribution in [-0.4, -0.2) is 50.6 Å². The van der Waals surface area contributed by atoms with Gasteiger partial charge in [0.05, 0.1) is 18.7 Å². The monoisotopic (exact) mass is 342 g/mol. The fourth-order valence-electron chi connectivity index (χ4n) is 1.64. The summed E-state index contributed by atoms with van der Waals surface area (Å²) in [5.74, 6) is -0.399. The number of rotatable bonds is 6. The molecule has 0 heterocycles. The van der Waals surface area contributed by atoms with Gasteiger partial charge in [0.25, 0.3) is 5.91 Å². The van der Waals surface area contributed by atoms with Gasteiger partial charge >= 0.3 is 0 Å². The Morgan fingerprint density at radius 3 is 2.75 bits per heavy atom. The smallest absolute Gasteiger partial charge is 0.255 e. The van der Waals surface area contributed by atoms with Crippen LogP contribution >= 0.6 is 15.9 Å². The average Bonchev–Trinajstić information content (AvgIpc) is 2.41. The third-order valence-electron chi connectivity index (χ3n) is 2.71. The second-order valence-electron chi connectivity index (χ2n) is 4.49. The molecular formula is C14H19BrN2O3. The van der Waals surface area contributed by atoms with E-state index in [4.69, 9.17) is 4.74 Å². The molecular weight excluding hydrogens is 324 g/mol. The third-order valence-corrected chi connectivity index (χ3v) is 3.40. The Balaban J connectivity index is 2.62. The predicted octanol–water partition coefficient (Wildman–Crippen LogP) is 1.59. The van der Waals surface area contributed by atoms with Crippen molar-refractivity contribution in [3.8, 4) is 0 Å². The van der Waals surface area contributed by atoms with E-state index in [2.05, 4.69) is 21.2 Å². The predicted molar refractivity (Wildman–Crippen MR) is 80.7 cm³/mol. The molecule has 0 bridgehead atoms. The maximum atomic E-state index is 12.3. The summed E-state index contributed by atoms with van der Waals surface area (Å²) in [6.45, 7) is 2.82. The van der Waals surface area contributed by atoms with Crippen LogP contribution in [0.2, 0.25) is 0 Å². The first-order valence-electron chi connectivity index (χ1n) is 6.23. The molecule has 0 aliphatic heterocycles. The Bertz CT molecular complexity index is 491. The Labute approximate surface area is 127 Å². The summed E-state index contributed by atoms with van der Waals surface area (Å²) in [6.07, 6.45) is 0. The van der Waals surface area contributed by atoms with Crippen LogP contribution in [0.25, 0.3) is 0 Å². The number of nitrogens with one attached hydrogen (secondary N) is 1. The number of amides is 2. The molecule has 0 aromatic heterocycles. The summed E-state index contributed by atoms with van der Waals surface area (Å²) in [5.41, 5.74) is 1.55. The number of benzene rings is 1. The molecule has 1 rings (SSSR count). The van der Waals surface area contributed by atoms with E-state index in [9.17, 15) is 9.59 Å². The molecule has 110 valence electrons. The number of likely N-dealkylation sites (N-methyl/N-ethyl adjacent to an activating group) is 1. The summed E-state index contributed by atoms with van der Waals surface area (Å²) < 4.78 is 5.56. The number of carbonyl (C=O) groups is 2. The molecule has 0 spiro atoms. The van der Waals surface area contributed by atoms with Gasteiger partial charge in [0.1, 0.15) is 0 Å². The first-order valence-corrected chi connectivity index (χ1v) is 7.02. The standard InChI is InChI=1S/C14H19BrN2O3/c1-10-4-5-12(15)11(8-10)14(19)17(2)9-13(18)16-6-7-20-3/h4-5,8H,6-7,9H2,1-3H3,(H,16,18). The van der Waals surface area contributed by atoms with Crippen LogP contribution < -0.4 is 5.32 Å². The summed E-state index contributed by atoms with van der Waals surface area (Å²) in [7, 11) is 3.17. The highest BCUT2D eigenvalue weighted by Gasteiger charge is 2.17. The molecule has 0 saturated carbocycles. The van der Waals surface area contributed by atoms with Crippen LogP contribution in [0.5, 0.6) is 0 Å². The summed E-state index contributed by atoms with van der Waals surface area (Å²) >= 11 is 3.35. The van der Waals surface area contributed by atoms with Gasteiger partial charge in [-0.25, -0.2) is 0 Å². The summed E-state index contributed by atoms with van der Waals surface area (Å²) in [6, 6.07) is 5.54. The molecule has 0 saturated heterocycles. The topological polar surface area (TPSA) is 58.6 Å². The van der Waals surface area contributed by atoms with Gasteiger partial charge in [-0.2, -0.15) is 0 Å². The van der Waals surface area contributed by atoms with Crippen molar-refractivity contribution in [2.45, 2.75) is 6.92 Å². The number of carbonyl (C=O) groups excluding carboxylic acids is 2. The SMILES string of the molecule is COCCNC(=O)CN(C)C(=O)c1cc(C)ccc1Br. The zero-order valence-corrected chi connectivity index (χ0v) is 13.5. The van der Waals surface area contributed by atoms with E-state index in [0.29, 0.717) is 18.7 Å². The molecule has 1 N–H and O–H groups in total. The van der Waals surface area contributed by atoms with Crippen molar-refractivity contribution in [2.75, 3.05) is 33.9 Å². The van der Waals surface area contributed by atoms with E-state index < -0.39 is 0 Å². The van der Waals surface area contributed by atoms with E-state index in [1.54, 1.807) is 20.2 Å². The van der Waals surface area contributed by atoms with Crippen LogP contribution in [0, 0.1) is 6.92 Å². The van der Waals surface area contributed by atoms with Crippen LogP contribution in [0.15, 0.2) is 22.7 Å². The molecule has 2 amide bonds. The largest absolute Gasteiger partial charge is 0.383 e. The Kier molecular flexibility index (Phi) is 6.67. The molecule has 0 aliphatic rings. The zero-order chi connectivity index (χ0) is 15.1. The van der Waals surface area contributed by atoms with Gasteiger partial charge in [-0.1, -0.05) is 11.6 Å². The molecule has 0 fully saturated rings. The number of methoxy groups -OCH3 is 1. The molecule has 0 atom stereocenters. The Morgan fingerprint density at radius 1 is 1.40 bits per heavy atom. The van der Waals surface area contributed by atoms with Crippen molar-refractivity contribution < 1.29 is 14.3 Å². The molecule has 20 heavy (non-hydrogen) atoms. The first-order chi connectivity index (χ1) is 9.45. The van der Waals surface area contributed by atoms with Gasteiger partial charge in [0.15, 0.2) is 0 Å². The lowest BCUT2D eigenvalue weighted by Gasteiger charge is -2.18. The zero-order valence-electron chi connectivity index (χ0n) is 11.9. The highest BCUT2D eigenvalue weighted by Crippen LogP contribution is 2.19. The van der Waals surface area contributed by atoms with Crippen LogP contribution in [0.3, 0.4) is 0 Å². The van der Waals surface area contributed by atoms with E-state index in [-0.39, 0.29) is 18.4 Å². The van der Waals surface area contributed by atoms with Crippen molar-refractivity contribution in [3.63, 3.8) is 0 Å². The van der Waals surface area contributed by atoms with E-state index >= 15 is 0 Å². The minimum atomic E-state index is -0.207. The van der Waals surface area contributed by atoms with Crippen molar-refractivity contribution in [1.29, 1.82) is 0 Å². The normalized spacial score (nSPS) is 10.2. The number of hydrogen-bond donors (Lipinski definition) is 1. The van der Waals surface area contributed by atoms with Crippen molar-refractivity contribution in [2.24, 2.45) is 0 Å². The van der Waals surface area contributed by atoms with Gasteiger partial charge in [-0.3, -0.25) is 9.59 Å². The van der Waals surface area contributed by atoms with Gasteiger partial charge in [0.2, 0.25) is 5.91 Å². The lowest BCUT2D eigenvalue weighted by Crippen LogP contribution is -2.39. The molecule has 0 aliphatic carbocycles. The molecule has 6 heteroatoms. The van der Waals surface area contributed by atoms with Crippen LogP contribution in [-0.2, 0) is 9.53 Å². The number of halogens is 1. The fraction of sp³-hybridized carbons (Fsp3) is 0.429.